The molecule has 7 nitrogen and oxygen atoms in total. The van der Waals surface area contributed by atoms with Crippen LogP contribution in [0.2, 0.25) is 0 Å². The SMILES string of the molecule is N[C@@H](CC(=O)O)C(=O)OC(=O)[C@@H]1CCCN1. The zero-order valence-electron chi connectivity index (χ0n) is 8.64. The van der Waals surface area contributed by atoms with Gasteiger partial charge in [0, 0.05) is 0 Å². The number of carbonyl (C=O) groups is 3. The van der Waals surface area contributed by atoms with E-state index in [0.717, 1.165) is 6.42 Å². The molecular formula is C9H14N2O5. The van der Waals surface area contributed by atoms with Gasteiger partial charge >= 0.3 is 17.9 Å². The molecule has 0 aromatic heterocycles. The third-order valence-corrected chi connectivity index (χ3v) is 2.24. The first kappa shape index (κ1) is 12.6. The van der Waals surface area contributed by atoms with Crippen molar-refractivity contribution in [1.82, 2.24) is 5.32 Å². The van der Waals surface area contributed by atoms with E-state index in [-0.39, 0.29) is 0 Å². The summed E-state index contributed by atoms with van der Waals surface area (Å²) in [4.78, 5) is 32.8. The van der Waals surface area contributed by atoms with Crippen molar-refractivity contribution in [3.63, 3.8) is 0 Å². The molecule has 1 fully saturated rings. The Morgan fingerprint density at radius 1 is 1.50 bits per heavy atom. The number of ether oxygens (including phenoxy) is 1. The van der Waals surface area contributed by atoms with Crippen molar-refractivity contribution in [2.75, 3.05) is 6.54 Å². The zero-order chi connectivity index (χ0) is 12.1. The third-order valence-electron chi connectivity index (χ3n) is 2.24. The molecule has 1 aliphatic heterocycles. The molecule has 16 heavy (non-hydrogen) atoms. The van der Waals surface area contributed by atoms with E-state index in [1.165, 1.54) is 0 Å². The molecule has 0 aliphatic carbocycles. The summed E-state index contributed by atoms with van der Waals surface area (Å²) in [7, 11) is 0. The number of carboxylic acids is 1. The van der Waals surface area contributed by atoms with Gasteiger partial charge in [0.2, 0.25) is 0 Å². The number of hydrogen-bond acceptors (Lipinski definition) is 6. The molecular weight excluding hydrogens is 216 g/mol. The van der Waals surface area contributed by atoms with Crippen molar-refractivity contribution in [3.05, 3.63) is 0 Å². The van der Waals surface area contributed by atoms with Crippen LogP contribution < -0.4 is 11.1 Å². The molecule has 0 aromatic rings. The Bertz CT molecular complexity index is 298. The lowest BCUT2D eigenvalue weighted by Gasteiger charge is -2.11. The first-order valence-electron chi connectivity index (χ1n) is 4.97. The van der Waals surface area contributed by atoms with Crippen molar-refractivity contribution in [1.29, 1.82) is 0 Å². The summed E-state index contributed by atoms with van der Waals surface area (Å²) in [6.45, 7) is 0.704. The highest BCUT2D eigenvalue weighted by molar-refractivity contribution is 5.92. The Morgan fingerprint density at radius 3 is 2.69 bits per heavy atom. The van der Waals surface area contributed by atoms with Crippen LogP contribution in [0.15, 0.2) is 0 Å². The van der Waals surface area contributed by atoms with Gasteiger partial charge in [0.15, 0.2) is 0 Å². The van der Waals surface area contributed by atoms with Crippen LogP contribution in [0.1, 0.15) is 19.3 Å². The van der Waals surface area contributed by atoms with E-state index in [1.54, 1.807) is 0 Å². The van der Waals surface area contributed by atoms with Crippen LogP contribution in [-0.4, -0.2) is 41.6 Å². The van der Waals surface area contributed by atoms with Gasteiger partial charge in [-0.2, -0.15) is 0 Å². The van der Waals surface area contributed by atoms with E-state index in [9.17, 15) is 14.4 Å². The number of esters is 2. The molecule has 1 saturated heterocycles. The van der Waals surface area contributed by atoms with Crippen molar-refractivity contribution < 1.29 is 24.2 Å². The average molecular weight is 230 g/mol. The Hall–Kier alpha value is -1.47. The van der Waals surface area contributed by atoms with Gasteiger partial charge in [-0.1, -0.05) is 0 Å². The molecule has 0 spiro atoms. The number of nitrogens with one attached hydrogen (secondary N) is 1. The molecule has 90 valence electrons. The number of rotatable bonds is 4. The minimum absolute atomic E-state index is 0.485. The third kappa shape index (κ3) is 3.59. The van der Waals surface area contributed by atoms with Crippen LogP contribution in [0, 0.1) is 0 Å². The molecule has 0 aromatic carbocycles. The van der Waals surface area contributed by atoms with Crippen molar-refractivity contribution in [2.45, 2.75) is 31.3 Å². The molecule has 0 bridgehead atoms. The lowest BCUT2D eigenvalue weighted by Crippen LogP contribution is -2.40. The standard InChI is InChI=1S/C9H14N2O5/c10-5(4-7(12)13)8(14)16-9(15)6-2-1-3-11-6/h5-6,11H,1-4,10H2,(H,12,13)/t5-,6-/m0/s1. The maximum Gasteiger partial charge on any atom is 0.331 e. The number of carbonyl (C=O) groups excluding carboxylic acids is 2. The molecule has 1 heterocycles. The first-order valence-corrected chi connectivity index (χ1v) is 4.97. The second-order valence-electron chi connectivity index (χ2n) is 3.59. The maximum absolute atomic E-state index is 11.3. The summed E-state index contributed by atoms with van der Waals surface area (Å²) in [5.74, 6) is -2.90. The lowest BCUT2D eigenvalue weighted by molar-refractivity contribution is -0.163. The summed E-state index contributed by atoms with van der Waals surface area (Å²) in [6.07, 6.45) is 0.902. The molecule has 0 saturated carbocycles. The predicted molar refractivity (Wildman–Crippen MR) is 52.4 cm³/mol. The molecule has 1 rings (SSSR count). The molecule has 7 heteroatoms. The fourth-order valence-corrected chi connectivity index (χ4v) is 1.40. The van der Waals surface area contributed by atoms with Gasteiger partial charge < -0.3 is 20.9 Å². The normalized spacial score (nSPS) is 21.4. The van der Waals surface area contributed by atoms with Crippen LogP contribution >= 0.6 is 0 Å². The summed E-state index contributed by atoms with van der Waals surface area (Å²) in [5, 5.41) is 11.3. The molecule has 4 N–H and O–H groups in total. The average Bonchev–Trinajstić information content (AvgIpc) is 2.68. The monoisotopic (exact) mass is 230 g/mol. The summed E-state index contributed by atoms with van der Waals surface area (Å²) >= 11 is 0. The smallest absolute Gasteiger partial charge is 0.331 e. The molecule has 2 atom stereocenters. The van der Waals surface area contributed by atoms with Crippen LogP contribution in [0.3, 0.4) is 0 Å². The van der Waals surface area contributed by atoms with Gasteiger partial charge in [-0.3, -0.25) is 4.79 Å². The van der Waals surface area contributed by atoms with Crippen LogP contribution in [-0.2, 0) is 19.1 Å². The minimum atomic E-state index is -1.30. The lowest BCUT2D eigenvalue weighted by atomic mass is 10.2. The zero-order valence-corrected chi connectivity index (χ0v) is 8.64. The van der Waals surface area contributed by atoms with E-state index in [2.05, 4.69) is 10.1 Å². The van der Waals surface area contributed by atoms with E-state index in [0.29, 0.717) is 13.0 Å². The van der Waals surface area contributed by atoms with E-state index < -0.39 is 36.4 Å². The largest absolute Gasteiger partial charge is 0.481 e. The predicted octanol–water partition coefficient (Wildman–Crippen LogP) is -1.39. The Kier molecular flexibility index (Phi) is 4.39. The summed E-state index contributed by atoms with van der Waals surface area (Å²) in [6, 6.07) is -1.79. The first-order chi connectivity index (χ1) is 7.50. The van der Waals surface area contributed by atoms with Gasteiger partial charge in [0.05, 0.1) is 6.42 Å². The molecule has 0 amide bonds. The second kappa shape index (κ2) is 5.57. The molecule has 1 aliphatic rings. The molecule has 0 radical (unpaired) electrons. The van der Waals surface area contributed by atoms with Crippen molar-refractivity contribution in [2.24, 2.45) is 5.73 Å². The fraction of sp³-hybridized carbons (Fsp3) is 0.667. The van der Waals surface area contributed by atoms with Gasteiger partial charge in [-0.25, -0.2) is 9.59 Å². The number of aliphatic carboxylic acids is 1. The van der Waals surface area contributed by atoms with Gasteiger partial charge in [-0.05, 0) is 19.4 Å². The van der Waals surface area contributed by atoms with Gasteiger partial charge in [0.1, 0.15) is 12.1 Å². The van der Waals surface area contributed by atoms with Crippen LogP contribution in [0.5, 0.6) is 0 Å². The van der Waals surface area contributed by atoms with Gasteiger partial charge in [0.25, 0.3) is 0 Å². The van der Waals surface area contributed by atoms with E-state index >= 15 is 0 Å². The Balaban J connectivity index is 2.37. The van der Waals surface area contributed by atoms with Gasteiger partial charge in [-0.15, -0.1) is 0 Å². The molecule has 0 unspecified atom stereocenters. The van der Waals surface area contributed by atoms with Crippen LogP contribution in [0.25, 0.3) is 0 Å². The van der Waals surface area contributed by atoms with E-state index in [1.807, 2.05) is 0 Å². The summed E-state index contributed by atoms with van der Waals surface area (Å²) in [5.41, 5.74) is 5.24. The van der Waals surface area contributed by atoms with Crippen LogP contribution in [0.4, 0.5) is 0 Å². The number of carboxylic acid groups (broad SMARTS) is 1. The quantitative estimate of drug-likeness (QED) is 0.402. The Morgan fingerprint density at radius 2 is 2.19 bits per heavy atom. The maximum atomic E-state index is 11.3. The van der Waals surface area contributed by atoms with E-state index in [4.69, 9.17) is 10.8 Å². The highest BCUT2D eigenvalue weighted by Crippen LogP contribution is 2.07. The van der Waals surface area contributed by atoms with Crippen molar-refractivity contribution >= 4 is 17.9 Å². The fourth-order valence-electron chi connectivity index (χ4n) is 1.40. The highest BCUT2D eigenvalue weighted by Gasteiger charge is 2.28. The number of nitrogens with two attached hydrogens (primary N) is 1. The second-order valence-corrected chi connectivity index (χ2v) is 3.59. The highest BCUT2D eigenvalue weighted by atomic mass is 16.6. The summed E-state index contributed by atoms with van der Waals surface area (Å²) < 4.78 is 4.47. The van der Waals surface area contributed by atoms with Crippen molar-refractivity contribution in [3.8, 4) is 0 Å². The minimum Gasteiger partial charge on any atom is -0.481 e. The Labute approximate surface area is 91.9 Å². The number of hydrogen-bond donors (Lipinski definition) is 3. The topological polar surface area (TPSA) is 119 Å².